The molecule has 0 bridgehead atoms. The Labute approximate surface area is 142 Å². The summed E-state index contributed by atoms with van der Waals surface area (Å²) in [6.45, 7) is 5.88. The number of hydrogen-bond acceptors (Lipinski definition) is 3. The summed E-state index contributed by atoms with van der Waals surface area (Å²) < 4.78 is 5.05. The van der Waals surface area contributed by atoms with Crippen molar-refractivity contribution in [2.75, 3.05) is 11.9 Å². The van der Waals surface area contributed by atoms with E-state index in [1.807, 2.05) is 55.5 Å². The molecule has 0 aliphatic carbocycles. The number of rotatable bonds is 6. The molecule has 126 valence electrons. The van der Waals surface area contributed by atoms with Crippen LogP contribution in [0.25, 0.3) is 0 Å². The van der Waals surface area contributed by atoms with E-state index in [2.05, 4.69) is 19.2 Å². The maximum Gasteiger partial charge on any atom is 0.310 e. The molecule has 24 heavy (non-hydrogen) atoms. The monoisotopic (exact) mass is 325 g/mol. The highest BCUT2D eigenvalue weighted by molar-refractivity contribution is 5.92. The fourth-order valence-electron chi connectivity index (χ4n) is 2.31. The molecule has 4 nitrogen and oxygen atoms in total. The Bertz CT molecular complexity index is 705. The maximum absolute atomic E-state index is 11.9. The van der Waals surface area contributed by atoms with Crippen molar-refractivity contribution in [3.05, 3.63) is 65.2 Å². The number of hydrogen-bond donors (Lipinski definition) is 1. The van der Waals surface area contributed by atoms with Gasteiger partial charge in [0, 0.05) is 5.69 Å². The molecular weight excluding hydrogens is 302 g/mol. The largest absolute Gasteiger partial charge is 0.455 e. The van der Waals surface area contributed by atoms with Crippen LogP contribution in [0.3, 0.4) is 0 Å². The number of anilines is 1. The molecule has 1 amide bonds. The summed E-state index contributed by atoms with van der Waals surface area (Å²) in [6, 6.07) is 15.3. The molecule has 2 aromatic carbocycles. The average Bonchev–Trinajstić information content (AvgIpc) is 2.55. The van der Waals surface area contributed by atoms with Crippen molar-refractivity contribution in [2.24, 2.45) is 0 Å². The quantitative estimate of drug-likeness (QED) is 0.821. The third kappa shape index (κ3) is 5.23. The SMILES string of the molecule is Cc1ccccc1CC(=O)OCC(=O)Nc1ccc(C(C)C)cc1. The molecule has 0 spiro atoms. The van der Waals surface area contributed by atoms with E-state index in [0.717, 1.165) is 11.1 Å². The van der Waals surface area contributed by atoms with Crippen molar-refractivity contribution >= 4 is 17.6 Å². The summed E-state index contributed by atoms with van der Waals surface area (Å²) in [7, 11) is 0. The van der Waals surface area contributed by atoms with Crippen LogP contribution in [0.2, 0.25) is 0 Å². The zero-order valence-corrected chi connectivity index (χ0v) is 14.3. The third-order valence-electron chi connectivity index (χ3n) is 3.82. The normalized spacial score (nSPS) is 10.5. The fourth-order valence-corrected chi connectivity index (χ4v) is 2.31. The van der Waals surface area contributed by atoms with Gasteiger partial charge in [0.2, 0.25) is 0 Å². The summed E-state index contributed by atoms with van der Waals surface area (Å²) in [5.41, 5.74) is 3.84. The molecule has 2 aromatic rings. The fraction of sp³-hybridized carbons (Fsp3) is 0.300. The van der Waals surface area contributed by atoms with Crippen molar-refractivity contribution in [2.45, 2.75) is 33.1 Å². The Balaban J connectivity index is 1.80. The van der Waals surface area contributed by atoms with E-state index in [1.165, 1.54) is 5.56 Å². The second kappa shape index (κ2) is 8.29. The van der Waals surface area contributed by atoms with E-state index in [0.29, 0.717) is 11.6 Å². The summed E-state index contributed by atoms with van der Waals surface area (Å²) in [5.74, 6) is -0.308. The third-order valence-corrected chi connectivity index (χ3v) is 3.82. The number of ether oxygens (including phenoxy) is 1. The number of benzene rings is 2. The van der Waals surface area contributed by atoms with Crippen LogP contribution in [0.5, 0.6) is 0 Å². The summed E-state index contributed by atoms with van der Waals surface area (Å²) in [4.78, 5) is 23.7. The van der Waals surface area contributed by atoms with Crippen LogP contribution < -0.4 is 5.32 Å². The molecule has 1 N–H and O–H groups in total. The second-order valence-electron chi connectivity index (χ2n) is 6.09. The Hall–Kier alpha value is -2.62. The zero-order chi connectivity index (χ0) is 17.5. The van der Waals surface area contributed by atoms with Gasteiger partial charge in [-0.25, -0.2) is 0 Å². The summed E-state index contributed by atoms with van der Waals surface area (Å²) in [5, 5.41) is 2.72. The molecule has 0 unspecified atom stereocenters. The lowest BCUT2D eigenvalue weighted by molar-refractivity contribution is -0.146. The van der Waals surface area contributed by atoms with Gasteiger partial charge in [0.05, 0.1) is 6.42 Å². The zero-order valence-electron chi connectivity index (χ0n) is 14.3. The second-order valence-corrected chi connectivity index (χ2v) is 6.09. The van der Waals surface area contributed by atoms with Gasteiger partial charge in [-0.3, -0.25) is 9.59 Å². The lowest BCUT2D eigenvalue weighted by Gasteiger charge is -2.09. The first-order chi connectivity index (χ1) is 11.5. The average molecular weight is 325 g/mol. The number of amides is 1. The van der Waals surface area contributed by atoms with Gasteiger partial charge in [0.15, 0.2) is 6.61 Å². The minimum absolute atomic E-state index is 0.170. The number of nitrogens with one attached hydrogen (secondary N) is 1. The molecule has 0 atom stereocenters. The summed E-state index contributed by atoms with van der Waals surface area (Å²) >= 11 is 0. The predicted octanol–water partition coefficient (Wildman–Crippen LogP) is 3.84. The Morgan fingerprint density at radius 3 is 2.33 bits per heavy atom. The first-order valence-electron chi connectivity index (χ1n) is 8.05. The first kappa shape index (κ1) is 17.7. The number of carbonyl (C=O) groups is 2. The van der Waals surface area contributed by atoms with E-state index in [1.54, 1.807) is 0 Å². The molecule has 0 saturated heterocycles. The minimum Gasteiger partial charge on any atom is -0.455 e. The smallest absolute Gasteiger partial charge is 0.310 e. The molecule has 4 heteroatoms. The lowest BCUT2D eigenvalue weighted by Crippen LogP contribution is -2.21. The Kier molecular flexibility index (Phi) is 6.13. The van der Waals surface area contributed by atoms with Gasteiger partial charge in [-0.2, -0.15) is 0 Å². The van der Waals surface area contributed by atoms with Gasteiger partial charge < -0.3 is 10.1 Å². The predicted molar refractivity (Wildman–Crippen MR) is 95.0 cm³/mol. The van der Waals surface area contributed by atoms with Crippen molar-refractivity contribution in [1.82, 2.24) is 0 Å². The highest BCUT2D eigenvalue weighted by atomic mass is 16.5. The molecule has 0 aliphatic heterocycles. The lowest BCUT2D eigenvalue weighted by atomic mass is 10.0. The molecule has 0 aromatic heterocycles. The number of aryl methyl sites for hydroxylation is 1. The van der Waals surface area contributed by atoms with Crippen LogP contribution in [-0.2, 0) is 20.7 Å². The molecule has 2 rings (SSSR count). The van der Waals surface area contributed by atoms with E-state index in [-0.39, 0.29) is 18.9 Å². The molecule has 0 aliphatic rings. The van der Waals surface area contributed by atoms with Crippen molar-refractivity contribution < 1.29 is 14.3 Å². The first-order valence-corrected chi connectivity index (χ1v) is 8.05. The van der Waals surface area contributed by atoms with Gasteiger partial charge in [0.1, 0.15) is 0 Å². The summed E-state index contributed by atoms with van der Waals surface area (Å²) in [6.07, 6.45) is 0.170. The Morgan fingerprint density at radius 2 is 1.71 bits per heavy atom. The molecule has 0 saturated carbocycles. The van der Waals surface area contributed by atoms with Crippen LogP contribution in [-0.4, -0.2) is 18.5 Å². The number of esters is 1. The van der Waals surface area contributed by atoms with Crippen molar-refractivity contribution in [1.29, 1.82) is 0 Å². The van der Waals surface area contributed by atoms with Crippen LogP contribution in [0, 0.1) is 6.92 Å². The van der Waals surface area contributed by atoms with Crippen LogP contribution in [0.1, 0.15) is 36.5 Å². The van der Waals surface area contributed by atoms with E-state index >= 15 is 0 Å². The Morgan fingerprint density at radius 1 is 1.04 bits per heavy atom. The van der Waals surface area contributed by atoms with Gasteiger partial charge in [-0.15, -0.1) is 0 Å². The maximum atomic E-state index is 11.9. The number of carbonyl (C=O) groups excluding carboxylic acids is 2. The topological polar surface area (TPSA) is 55.4 Å². The van der Waals surface area contributed by atoms with Gasteiger partial charge in [0.25, 0.3) is 5.91 Å². The van der Waals surface area contributed by atoms with Gasteiger partial charge in [-0.05, 0) is 41.7 Å². The molecular formula is C20H23NO3. The van der Waals surface area contributed by atoms with Crippen molar-refractivity contribution in [3.63, 3.8) is 0 Å². The molecule has 0 heterocycles. The van der Waals surface area contributed by atoms with Crippen molar-refractivity contribution in [3.8, 4) is 0 Å². The van der Waals surface area contributed by atoms with Gasteiger partial charge in [-0.1, -0.05) is 50.2 Å². The standard InChI is InChI=1S/C20H23NO3/c1-14(2)16-8-10-18(11-9-16)21-19(22)13-24-20(23)12-17-7-5-4-6-15(17)3/h4-11,14H,12-13H2,1-3H3,(H,21,22). The molecule has 0 radical (unpaired) electrons. The van der Waals surface area contributed by atoms with Crippen LogP contribution in [0.4, 0.5) is 5.69 Å². The van der Waals surface area contributed by atoms with Gasteiger partial charge >= 0.3 is 5.97 Å². The minimum atomic E-state index is -0.408. The van der Waals surface area contributed by atoms with E-state index in [9.17, 15) is 9.59 Å². The van der Waals surface area contributed by atoms with Crippen LogP contribution >= 0.6 is 0 Å². The van der Waals surface area contributed by atoms with E-state index in [4.69, 9.17) is 4.74 Å². The highest BCUT2D eigenvalue weighted by Crippen LogP contribution is 2.17. The molecule has 0 fully saturated rings. The van der Waals surface area contributed by atoms with E-state index < -0.39 is 5.97 Å². The van der Waals surface area contributed by atoms with Crippen LogP contribution in [0.15, 0.2) is 48.5 Å². The highest BCUT2D eigenvalue weighted by Gasteiger charge is 2.10.